The zero-order chi connectivity index (χ0) is 23.7. The number of hydroxylamine groups is 2. The number of aliphatic imine (C=N–C) groups is 1. The van der Waals surface area contributed by atoms with Gasteiger partial charge in [0.1, 0.15) is 6.54 Å². The number of rotatable bonds is 6. The van der Waals surface area contributed by atoms with Gasteiger partial charge in [-0.05, 0) is 48.1 Å². The van der Waals surface area contributed by atoms with Crippen molar-refractivity contribution in [3.8, 4) is 0 Å². The van der Waals surface area contributed by atoms with Crippen molar-refractivity contribution in [1.29, 1.82) is 0 Å². The van der Waals surface area contributed by atoms with Gasteiger partial charge in [-0.2, -0.15) is 5.06 Å². The Labute approximate surface area is 197 Å². The molecule has 5 rings (SSSR count). The lowest BCUT2D eigenvalue weighted by molar-refractivity contribution is -0.179. The number of guanidine groups is 1. The molecule has 2 aromatic rings. The van der Waals surface area contributed by atoms with Gasteiger partial charge in [0, 0.05) is 18.8 Å². The highest BCUT2D eigenvalue weighted by molar-refractivity contribution is 7.88. The molecule has 3 heterocycles. The molecule has 0 aromatic heterocycles. The van der Waals surface area contributed by atoms with E-state index in [1.807, 2.05) is 48.5 Å². The molecule has 10 nitrogen and oxygen atoms in total. The molecule has 11 heteroatoms. The second-order valence-corrected chi connectivity index (χ2v) is 10.4. The third kappa shape index (κ3) is 4.90. The molecule has 2 aromatic carbocycles. The molecule has 0 spiro atoms. The summed E-state index contributed by atoms with van der Waals surface area (Å²) in [5.41, 5.74) is 3.68. The smallest absolute Gasteiger partial charge is 0.429 e. The van der Waals surface area contributed by atoms with E-state index in [-0.39, 0.29) is 18.3 Å². The summed E-state index contributed by atoms with van der Waals surface area (Å²) in [6.07, 6.45) is 1.78. The quantitative estimate of drug-likeness (QED) is 0.486. The summed E-state index contributed by atoms with van der Waals surface area (Å²) in [7, 11) is -3.25. The van der Waals surface area contributed by atoms with E-state index < -0.39 is 28.2 Å². The lowest BCUT2D eigenvalue weighted by Crippen LogP contribution is -2.36. The van der Waals surface area contributed by atoms with Crippen LogP contribution in [0.15, 0.2) is 53.5 Å². The number of carbonyl (C=O) groups excluding carboxylic acids is 2. The van der Waals surface area contributed by atoms with Crippen LogP contribution in [-0.4, -0.2) is 61.5 Å². The molecule has 0 saturated carbocycles. The van der Waals surface area contributed by atoms with Crippen LogP contribution >= 0.6 is 0 Å². The van der Waals surface area contributed by atoms with Crippen molar-refractivity contribution < 1.29 is 27.6 Å². The number of fused-ring (bicyclic) bond motifs is 2. The number of carbonyl (C=O) groups is 2. The number of hydrogen-bond acceptors (Lipinski definition) is 9. The van der Waals surface area contributed by atoms with Gasteiger partial charge < -0.3 is 14.9 Å². The van der Waals surface area contributed by atoms with Crippen LogP contribution in [-0.2, 0) is 41.4 Å². The van der Waals surface area contributed by atoms with Crippen molar-refractivity contribution in [2.75, 3.05) is 25.0 Å². The Hall–Kier alpha value is -3.44. The van der Waals surface area contributed by atoms with Crippen molar-refractivity contribution in [3.05, 3.63) is 65.2 Å². The van der Waals surface area contributed by atoms with Crippen molar-refractivity contribution in [2.45, 2.75) is 31.2 Å². The largest absolute Gasteiger partial charge is 0.441 e. The SMILES string of the molecule is O=C1OC2CN(OC1=O)C(Nc1ccc(Cc3ccc(CS(=O)(=O)N4CCCC4)cc3)cc1)=N2. The van der Waals surface area contributed by atoms with E-state index in [2.05, 4.69) is 10.3 Å². The van der Waals surface area contributed by atoms with Crippen molar-refractivity contribution in [1.82, 2.24) is 9.37 Å². The highest BCUT2D eigenvalue weighted by Crippen LogP contribution is 2.21. The van der Waals surface area contributed by atoms with E-state index in [1.54, 1.807) is 4.31 Å². The molecule has 2 saturated heterocycles. The number of esters is 1. The van der Waals surface area contributed by atoms with E-state index in [9.17, 15) is 18.0 Å². The van der Waals surface area contributed by atoms with Gasteiger partial charge >= 0.3 is 11.9 Å². The van der Waals surface area contributed by atoms with Gasteiger partial charge in [0.15, 0.2) is 0 Å². The summed E-state index contributed by atoms with van der Waals surface area (Å²) in [5.74, 6) is -1.81. The molecule has 1 N–H and O–H groups in total. The highest BCUT2D eigenvalue weighted by atomic mass is 32.2. The minimum absolute atomic E-state index is 0.0317. The predicted octanol–water partition coefficient (Wildman–Crippen LogP) is 1.63. The Morgan fingerprint density at radius 1 is 0.912 bits per heavy atom. The summed E-state index contributed by atoms with van der Waals surface area (Å²) < 4.78 is 31.5. The number of ether oxygens (including phenoxy) is 1. The van der Waals surface area contributed by atoms with Gasteiger partial charge in [-0.3, -0.25) is 0 Å². The first-order chi connectivity index (χ1) is 16.4. The van der Waals surface area contributed by atoms with E-state index in [4.69, 9.17) is 9.57 Å². The van der Waals surface area contributed by atoms with E-state index in [0.29, 0.717) is 19.5 Å². The highest BCUT2D eigenvalue weighted by Gasteiger charge is 2.38. The molecule has 2 fully saturated rings. The van der Waals surface area contributed by atoms with Gasteiger partial charge in [-0.1, -0.05) is 36.4 Å². The van der Waals surface area contributed by atoms with Gasteiger partial charge in [0.2, 0.25) is 22.2 Å². The van der Waals surface area contributed by atoms with Crippen molar-refractivity contribution >= 4 is 33.6 Å². The molecule has 178 valence electrons. The van der Waals surface area contributed by atoms with Crippen LogP contribution in [0.1, 0.15) is 29.5 Å². The predicted molar refractivity (Wildman–Crippen MR) is 123 cm³/mol. The normalized spacial score (nSPS) is 20.5. The lowest BCUT2D eigenvalue weighted by atomic mass is 10.0. The Balaban J connectivity index is 1.18. The summed E-state index contributed by atoms with van der Waals surface area (Å²) in [5, 5.41) is 4.27. The van der Waals surface area contributed by atoms with Crippen LogP contribution in [0.4, 0.5) is 5.69 Å². The molecule has 3 aliphatic rings. The van der Waals surface area contributed by atoms with Crippen molar-refractivity contribution in [2.24, 2.45) is 4.99 Å². The Morgan fingerprint density at radius 3 is 2.21 bits per heavy atom. The van der Waals surface area contributed by atoms with Crippen LogP contribution in [0, 0.1) is 0 Å². The summed E-state index contributed by atoms with van der Waals surface area (Å²) >= 11 is 0. The zero-order valence-corrected chi connectivity index (χ0v) is 19.2. The molecular formula is C23H24N4O6S. The summed E-state index contributed by atoms with van der Waals surface area (Å²) in [6, 6.07) is 15.3. The van der Waals surface area contributed by atoms with Gasteiger partial charge in [0.25, 0.3) is 0 Å². The molecule has 1 unspecified atom stereocenters. The number of nitrogens with one attached hydrogen (secondary N) is 1. The number of benzene rings is 2. The second-order valence-electron chi connectivity index (χ2n) is 8.43. The molecule has 0 amide bonds. The van der Waals surface area contributed by atoms with Crippen LogP contribution in [0.3, 0.4) is 0 Å². The van der Waals surface area contributed by atoms with E-state index in [0.717, 1.165) is 35.2 Å². The van der Waals surface area contributed by atoms with Crippen LogP contribution in [0.25, 0.3) is 0 Å². The number of anilines is 1. The fourth-order valence-electron chi connectivity index (χ4n) is 4.11. The Morgan fingerprint density at radius 2 is 1.53 bits per heavy atom. The van der Waals surface area contributed by atoms with Gasteiger partial charge in [0.05, 0.1) is 5.75 Å². The molecule has 3 aliphatic heterocycles. The Kier molecular flexibility index (Phi) is 5.96. The monoisotopic (exact) mass is 484 g/mol. The standard InChI is InChI=1S/C23H24N4O6S/c28-21-22(29)33-27-14-20(32-21)25-23(27)24-19-9-7-17(8-10-19)13-16-3-5-18(6-4-16)15-34(30,31)26-11-1-2-12-26/h3-10,20H,1-2,11-15H2,(H,24,25). The maximum absolute atomic E-state index is 12.5. The van der Waals surface area contributed by atoms with E-state index in [1.165, 1.54) is 5.06 Å². The summed E-state index contributed by atoms with van der Waals surface area (Å²) in [4.78, 5) is 32.0. The minimum atomic E-state index is -3.25. The van der Waals surface area contributed by atoms with Crippen LogP contribution < -0.4 is 5.32 Å². The first kappa shape index (κ1) is 22.4. The summed E-state index contributed by atoms with van der Waals surface area (Å²) in [6.45, 7) is 1.39. The Bertz CT molecular complexity index is 1220. The van der Waals surface area contributed by atoms with Crippen LogP contribution in [0.5, 0.6) is 0 Å². The lowest BCUT2D eigenvalue weighted by Gasteiger charge is -2.17. The molecule has 1 atom stereocenters. The van der Waals surface area contributed by atoms with Gasteiger partial charge in [-0.15, -0.1) is 0 Å². The number of nitrogens with zero attached hydrogens (tertiary/aromatic N) is 3. The molecule has 34 heavy (non-hydrogen) atoms. The maximum atomic E-state index is 12.5. The maximum Gasteiger partial charge on any atom is 0.441 e. The average Bonchev–Trinajstić information content (AvgIpc) is 3.45. The van der Waals surface area contributed by atoms with E-state index >= 15 is 0 Å². The minimum Gasteiger partial charge on any atom is -0.429 e. The average molecular weight is 485 g/mol. The second kappa shape index (κ2) is 9.07. The van der Waals surface area contributed by atoms with Gasteiger partial charge in [-0.25, -0.2) is 27.3 Å². The third-order valence-electron chi connectivity index (χ3n) is 5.88. The topological polar surface area (TPSA) is 118 Å². The first-order valence-corrected chi connectivity index (χ1v) is 12.7. The van der Waals surface area contributed by atoms with Crippen molar-refractivity contribution in [3.63, 3.8) is 0 Å². The molecule has 2 bridgehead atoms. The van der Waals surface area contributed by atoms with Crippen LogP contribution in [0.2, 0.25) is 0 Å². The molecule has 0 radical (unpaired) electrons. The fourth-order valence-corrected chi connectivity index (χ4v) is 5.72. The first-order valence-electron chi connectivity index (χ1n) is 11.1. The number of hydrogen-bond donors (Lipinski definition) is 1. The zero-order valence-electron chi connectivity index (χ0n) is 18.3. The number of sulfonamides is 1. The molecule has 0 aliphatic carbocycles. The fraction of sp³-hybridized carbons (Fsp3) is 0.348. The molecular weight excluding hydrogens is 460 g/mol. The third-order valence-corrected chi connectivity index (χ3v) is 7.73.